The van der Waals surface area contributed by atoms with Gasteiger partial charge in [-0.3, -0.25) is 4.98 Å². The van der Waals surface area contributed by atoms with Crippen LogP contribution < -0.4 is 5.73 Å². The van der Waals surface area contributed by atoms with Gasteiger partial charge in [0.25, 0.3) is 0 Å². The van der Waals surface area contributed by atoms with Crippen LogP contribution in [0.2, 0.25) is 0 Å². The first kappa shape index (κ1) is 8.53. The van der Waals surface area contributed by atoms with Gasteiger partial charge < -0.3 is 5.73 Å². The number of aromatic nitrogens is 1. The summed E-state index contributed by atoms with van der Waals surface area (Å²) < 4.78 is 0. The predicted octanol–water partition coefficient (Wildman–Crippen LogP) is 1.96. The van der Waals surface area contributed by atoms with E-state index in [0.29, 0.717) is 0 Å². The van der Waals surface area contributed by atoms with Crippen LogP contribution in [0.15, 0.2) is 42.9 Å². The Labute approximate surface area is 72.4 Å². The third kappa shape index (κ3) is 1.95. The topological polar surface area (TPSA) is 38.9 Å². The van der Waals surface area contributed by atoms with E-state index in [-0.39, 0.29) is 0 Å². The molecule has 0 fully saturated rings. The van der Waals surface area contributed by atoms with Crippen LogP contribution in [0.25, 0.3) is 5.57 Å². The minimum absolute atomic E-state index is 0.991. The SMILES string of the molecule is C/C=C\C(=C/N)c1cccnc1. The second-order valence-electron chi connectivity index (χ2n) is 2.36. The van der Waals surface area contributed by atoms with Gasteiger partial charge in [0, 0.05) is 24.2 Å². The summed E-state index contributed by atoms with van der Waals surface area (Å²) in [5.74, 6) is 0. The van der Waals surface area contributed by atoms with Crippen molar-refractivity contribution in [3.8, 4) is 0 Å². The van der Waals surface area contributed by atoms with E-state index in [1.54, 1.807) is 18.6 Å². The van der Waals surface area contributed by atoms with Gasteiger partial charge in [-0.1, -0.05) is 18.2 Å². The normalized spacial score (nSPS) is 12.2. The zero-order chi connectivity index (χ0) is 8.81. The van der Waals surface area contributed by atoms with Crippen molar-refractivity contribution in [3.63, 3.8) is 0 Å². The molecule has 0 aliphatic carbocycles. The van der Waals surface area contributed by atoms with E-state index in [0.717, 1.165) is 11.1 Å². The molecule has 1 heterocycles. The van der Waals surface area contributed by atoms with Crippen molar-refractivity contribution in [1.29, 1.82) is 0 Å². The van der Waals surface area contributed by atoms with E-state index in [2.05, 4.69) is 4.98 Å². The van der Waals surface area contributed by atoms with Crippen LogP contribution in [-0.2, 0) is 0 Å². The molecule has 0 unspecified atom stereocenters. The maximum absolute atomic E-state index is 5.45. The van der Waals surface area contributed by atoms with Crippen molar-refractivity contribution in [2.75, 3.05) is 0 Å². The molecule has 1 aromatic rings. The van der Waals surface area contributed by atoms with Crippen molar-refractivity contribution in [2.24, 2.45) is 5.73 Å². The van der Waals surface area contributed by atoms with Crippen molar-refractivity contribution >= 4 is 5.57 Å². The summed E-state index contributed by atoms with van der Waals surface area (Å²) in [6, 6.07) is 3.87. The average molecular weight is 160 g/mol. The second-order valence-corrected chi connectivity index (χ2v) is 2.36. The summed E-state index contributed by atoms with van der Waals surface area (Å²) in [5, 5.41) is 0. The average Bonchev–Trinajstić information content (AvgIpc) is 2.15. The van der Waals surface area contributed by atoms with Gasteiger partial charge in [-0.25, -0.2) is 0 Å². The Bertz CT molecular complexity index is 286. The molecule has 0 saturated carbocycles. The maximum atomic E-state index is 5.45. The lowest BCUT2D eigenvalue weighted by Crippen LogP contribution is -1.87. The molecule has 1 aromatic heterocycles. The van der Waals surface area contributed by atoms with E-state index in [1.807, 2.05) is 31.2 Å². The first-order chi connectivity index (χ1) is 5.88. The highest BCUT2D eigenvalue weighted by Crippen LogP contribution is 2.12. The maximum Gasteiger partial charge on any atom is 0.0346 e. The summed E-state index contributed by atoms with van der Waals surface area (Å²) in [5.41, 5.74) is 7.48. The Kier molecular flexibility index (Phi) is 3.08. The molecular formula is C10H12N2. The quantitative estimate of drug-likeness (QED) is 0.671. The number of rotatable bonds is 2. The van der Waals surface area contributed by atoms with Crippen molar-refractivity contribution in [1.82, 2.24) is 4.98 Å². The molecule has 0 radical (unpaired) electrons. The van der Waals surface area contributed by atoms with Crippen LogP contribution in [0.4, 0.5) is 0 Å². The minimum atomic E-state index is 0.991. The fourth-order valence-corrected chi connectivity index (χ4v) is 0.961. The Hall–Kier alpha value is -1.57. The monoisotopic (exact) mass is 160 g/mol. The zero-order valence-corrected chi connectivity index (χ0v) is 7.07. The van der Waals surface area contributed by atoms with Gasteiger partial charge in [-0.15, -0.1) is 0 Å². The number of nitrogens with two attached hydrogens (primary N) is 1. The third-order valence-electron chi connectivity index (χ3n) is 1.52. The molecule has 2 N–H and O–H groups in total. The van der Waals surface area contributed by atoms with Crippen LogP contribution in [0.5, 0.6) is 0 Å². The molecule has 0 spiro atoms. The van der Waals surface area contributed by atoms with Gasteiger partial charge in [0.05, 0.1) is 0 Å². The van der Waals surface area contributed by atoms with Gasteiger partial charge in [0.1, 0.15) is 0 Å². The van der Waals surface area contributed by atoms with E-state index in [9.17, 15) is 0 Å². The molecular weight excluding hydrogens is 148 g/mol. The highest BCUT2D eigenvalue weighted by molar-refractivity contribution is 5.72. The minimum Gasteiger partial charge on any atom is -0.404 e. The molecule has 2 heteroatoms. The Morgan fingerprint density at radius 1 is 1.58 bits per heavy atom. The molecule has 0 atom stereocenters. The lowest BCUT2D eigenvalue weighted by Gasteiger charge is -1.98. The van der Waals surface area contributed by atoms with Crippen LogP contribution in [0, 0.1) is 0 Å². The van der Waals surface area contributed by atoms with Crippen LogP contribution >= 0.6 is 0 Å². The fourth-order valence-electron chi connectivity index (χ4n) is 0.961. The molecule has 0 amide bonds. The van der Waals surface area contributed by atoms with Gasteiger partial charge in [-0.2, -0.15) is 0 Å². The molecule has 62 valence electrons. The van der Waals surface area contributed by atoms with Crippen LogP contribution in [-0.4, -0.2) is 4.98 Å². The van der Waals surface area contributed by atoms with E-state index in [4.69, 9.17) is 5.73 Å². The zero-order valence-electron chi connectivity index (χ0n) is 7.07. The highest BCUT2D eigenvalue weighted by atomic mass is 14.6. The smallest absolute Gasteiger partial charge is 0.0346 e. The summed E-state index contributed by atoms with van der Waals surface area (Å²) in [4.78, 5) is 4.01. The first-order valence-corrected chi connectivity index (χ1v) is 3.83. The van der Waals surface area contributed by atoms with Crippen molar-refractivity contribution < 1.29 is 0 Å². The lowest BCUT2D eigenvalue weighted by molar-refractivity contribution is 1.31. The summed E-state index contributed by atoms with van der Waals surface area (Å²) in [6.07, 6.45) is 9.02. The summed E-state index contributed by atoms with van der Waals surface area (Å²) >= 11 is 0. The first-order valence-electron chi connectivity index (χ1n) is 3.83. The van der Waals surface area contributed by atoms with Gasteiger partial charge >= 0.3 is 0 Å². The predicted molar refractivity (Wildman–Crippen MR) is 51.2 cm³/mol. The Morgan fingerprint density at radius 2 is 2.42 bits per heavy atom. The molecule has 12 heavy (non-hydrogen) atoms. The fraction of sp³-hybridized carbons (Fsp3) is 0.100. The van der Waals surface area contributed by atoms with E-state index >= 15 is 0 Å². The highest BCUT2D eigenvalue weighted by Gasteiger charge is 1.93. The Morgan fingerprint density at radius 3 is 2.92 bits per heavy atom. The largest absolute Gasteiger partial charge is 0.404 e. The lowest BCUT2D eigenvalue weighted by atomic mass is 10.1. The standard InChI is InChI=1S/C10H12N2/c1-2-4-9(7-11)10-5-3-6-12-8-10/h2-8H,11H2,1H3/b4-2-,9-7+. The summed E-state index contributed by atoms with van der Waals surface area (Å²) in [6.45, 7) is 1.96. The molecule has 2 nitrogen and oxygen atoms in total. The second kappa shape index (κ2) is 4.34. The van der Waals surface area contributed by atoms with Crippen LogP contribution in [0.1, 0.15) is 12.5 Å². The van der Waals surface area contributed by atoms with Crippen molar-refractivity contribution in [2.45, 2.75) is 6.92 Å². The third-order valence-corrected chi connectivity index (χ3v) is 1.52. The number of allylic oxidation sites excluding steroid dienone is 3. The Balaban J connectivity index is 2.97. The number of nitrogens with zero attached hydrogens (tertiary/aromatic N) is 1. The van der Waals surface area contributed by atoms with Gasteiger partial charge in [0.2, 0.25) is 0 Å². The van der Waals surface area contributed by atoms with E-state index < -0.39 is 0 Å². The summed E-state index contributed by atoms with van der Waals surface area (Å²) in [7, 11) is 0. The number of pyridine rings is 1. The molecule has 0 saturated heterocycles. The van der Waals surface area contributed by atoms with Gasteiger partial charge in [0.15, 0.2) is 0 Å². The molecule has 0 bridgehead atoms. The van der Waals surface area contributed by atoms with Crippen LogP contribution in [0.3, 0.4) is 0 Å². The molecule has 0 aliphatic heterocycles. The van der Waals surface area contributed by atoms with E-state index in [1.165, 1.54) is 0 Å². The van der Waals surface area contributed by atoms with Crippen molar-refractivity contribution in [3.05, 3.63) is 48.4 Å². The molecule has 0 aliphatic rings. The number of hydrogen-bond acceptors (Lipinski definition) is 2. The van der Waals surface area contributed by atoms with Gasteiger partial charge in [-0.05, 0) is 18.6 Å². The number of hydrogen-bond donors (Lipinski definition) is 1. The molecule has 1 rings (SSSR count). The molecule has 0 aromatic carbocycles.